The molecule has 0 unspecified atom stereocenters. The van der Waals surface area contributed by atoms with E-state index in [1.807, 2.05) is 57.2 Å². The first-order valence-corrected chi connectivity index (χ1v) is 17.3. The van der Waals surface area contributed by atoms with Gasteiger partial charge >= 0.3 is 0 Å². The summed E-state index contributed by atoms with van der Waals surface area (Å²) in [5, 5.41) is 9.32. The lowest BCUT2D eigenvalue weighted by Crippen LogP contribution is -2.50. The number of amides is 2. The lowest BCUT2D eigenvalue weighted by atomic mass is 9.82. The molecule has 244 valence electrons. The van der Waals surface area contributed by atoms with E-state index in [9.17, 15) is 31.6 Å². The van der Waals surface area contributed by atoms with E-state index in [2.05, 4.69) is 10.4 Å². The van der Waals surface area contributed by atoms with Crippen LogP contribution in [0.3, 0.4) is 0 Å². The molecular weight excluding hydrogens is 620 g/mol. The number of benzene rings is 2. The van der Waals surface area contributed by atoms with Gasteiger partial charge in [-0.2, -0.15) is 8.42 Å². The number of hydroxylamine groups is 1. The third-order valence-electron chi connectivity index (χ3n) is 6.52. The Morgan fingerprint density at radius 3 is 2.02 bits per heavy atom. The summed E-state index contributed by atoms with van der Waals surface area (Å²) in [5.74, 6) is -3.08. The number of carbonyl (C=O) groups excluding carboxylic acids is 2. The number of sulfonamides is 1. The van der Waals surface area contributed by atoms with Crippen molar-refractivity contribution in [1.29, 1.82) is 0 Å². The van der Waals surface area contributed by atoms with E-state index in [1.165, 1.54) is 24.5 Å². The average molecular weight is 661 g/mol. The maximum absolute atomic E-state index is 13.3. The third-order valence-corrected chi connectivity index (χ3v) is 8.41. The second kappa shape index (κ2) is 17.5. The zero-order valence-electron chi connectivity index (χ0n) is 25.6. The molecule has 0 aliphatic heterocycles. The highest BCUT2D eigenvalue weighted by atomic mass is 32.2. The average Bonchev–Trinajstić information content (AvgIpc) is 2.98. The highest BCUT2D eigenvalue weighted by Gasteiger charge is 2.35. The molecule has 0 saturated carbocycles. The molecule has 2 atom stereocenters. The van der Waals surface area contributed by atoms with Crippen LogP contribution >= 0.6 is 0 Å². The van der Waals surface area contributed by atoms with Gasteiger partial charge in [-0.1, -0.05) is 74.0 Å². The Kier molecular flexibility index (Phi) is 14.5. The topological polar surface area (TPSA) is 183 Å². The number of aromatic nitrogens is 1. The molecule has 1 heterocycles. The summed E-state index contributed by atoms with van der Waals surface area (Å²) in [6.45, 7) is 5.55. The van der Waals surface area contributed by atoms with Crippen LogP contribution < -0.4 is 10.9 Å². The summed E-state index contributed by atoms with van der Waals surface area (Å²) >= 11 is 0. The van der Waals surface area contributed by atoms with Crippen LogP contribution in [0.2, 0.25) is 0 Å². The first kappa shape index (κ1) is 37.2. The molecule has 45 heavy (non-hydrogen) atoms. The third kappa shape index (κ3) is 13.3. The van der Waals surface area contributed by atoms with Gasteiger partial charge in [0.2, 0.25) is 21.8 Å². The monoisotopic (exact) mass is 660 g/mol. The molecular formula is C31H40N4O8S2. The Morgan fingerprint density at radius 1 is 0.911 bits per heavy atom. The van der Waals surface area contributed by atoms with E-state index in [-0.39, 0.29) is 23.8 Å². The van der Waals surface area contributed by atoms with Gasteiger partial charge in [0.25, 0.3) is 10.1 Å². The van der Waals surface area contributed by atoms with Crippen molar-refractivity contribution < 1.29 is 36.2 Å². The number of allylic oxidation sites excluding steroid dienone is 1. The normalized spacial score (nSPS) is 13.2. The second-order valence-corrected chi connectivity index (χ2v) is 14.1. The van der Waals surface area contributed by atoms with Gasteiger partial charge in [0.05, 0.1) is 29.5 Å². The van der Waals surface area contributed by atoms with Crippen molar-refractivity contribution in [2.24, 2.45) is 17.8 Å². The second-order valence-electron chi connectivity index (χ2n) is 10.8. The minimum absolute atomic E-state index is 0.0368. The standard InChI is InChI=1S/C24H32N4O5S.C7H8O3S/c1-18(2)16-22(21(24(30)27-31)11-7-10-19-8-5-4-6-9-19)23(29)26-28(34(3,32)33)17-20-12-14-25-15-13-20;1-6-2-4-7(5-3-6)11(8,9)10/h4-10,12-15,18,21-22,31H,11,16-17H2,1-3H3,(H,26,29)(H,27,30);2-5H,1H3,(H,8,9,10)/t21-,22+;/m0./s1. The van der Waals surface area contributed by atoms with E-state index in [1.54, 1.807) is 35.8 Å². The van der Waals surface area contributed by atoms with Gasteiger partial charge in [0.1, 0.15) is 0 Å². The van der Waals surface area contributed by atoms with Crippen molar-refractivity contribution in [3.8, 4) is 0 Å². The summed E-state index contributed by atoms with van der Waals surface area (Å²) in [4.78, 5) is 29.7. The van der Waals surface area contributed by atoms with Crippen molar-refractivity contribution in [2.45, 2.75) is 45.1 Å². The molecule has 12 nitrogen and oxygen atoms in total. The highest BCUT2D eigenvalue weighted by Crippen LogP contribution is 2.26. The molecule has 0 radical (unpaired) electrons. The Morgan fingerprint density at radius 2 is 1.51 bits per heavy atom. The Bertz CT molecular complexity index is 1620. The van der Waals surface area contributed by atoms with Gasteiger partial charge in [-0.3, -0.25) is 29.8 Å². The van der Waals surface area contributed by atoms with Crippen LogP contribution in [0, 0.1) is 24.7 Å². The molecule has 0 fully saturated rings. The van der Waals surface area contributed by atoms with Gasteiger partial charge in [0.15, 0.2) is 0 Å². The lowest BCUT2D eigenvalue weighted by molar-refractivity contribution is -0.142. The number of pyridine rings is 1. The Hall–Kier alpha value is -3.95. The van der Waals surface area contributed by atoms with Crippen molar-refractivity contribution in [3.05, 3.63) is 102 Å². The van der Waals surface area contributed by atoms with Crippen LogP contribution in [-0.2, 0) is 36.3 Å². The van der Waals surface area contributed by atoms with Crippen LogP contribution in [0.5, 0.6) is 0 Å². The number of nitrogens with one attached hydrogen (secondary N) is 2. The zero-order valence-corrected chi connectivity index (χ0v) is 27.2. The van der Waals surface area contributed by atoms with E-state index in [0.29, 0.717) is 12.0 Å². The molecule has 3 aromatic rings. The van der Waals surface area contributed by atoms with E-state index in [0.717, 1.165) is 21.8 Å². The zero-order chi connectivity index (χ0) is 33.6. The van der Waals surface area contributed by atoms with E-state index < -0.39 is 43.8 Å². The Balaban J connectivity index is 0.000000537. The molecule has 0 saturated heterocycles. The quantitative estimate of drug-likeness (QED) is 0.120. The predicted molar refractivity (Wildman–Crippen MR) is 170 cm³/mol. The first-order valence-electron chi connectivity index (χ1n) is 14.0. The van der Waals surface area contributed by atoms with Crippen molar-refractivity contribution in [2.75, 3.05) is 6.26 Å². The molecule has 0 aliphatic rings. The molecule has 1 aromatic heterocycles. The number of hydrazine groups is 1. The molecule has 2 amide bonds. The fourth-order valence-corrected chi connectivity index (χ4v) is 5.34. The highest BCUT2D eigenvalue weighted by molar-refractivity contribution is 7.88. The van der Waals surface area contributed by atoms with Crippen LogP contribution in [0.1, 0.15) is 43.4 Å². The summed E-state index contributed by atoms with van der Waals surface area (Å²) in [7, 11) is -7.83. The van der Waals surface area contributed by atoms with E-state index >= 15 is 0 Å². The van der Waals surface area contributed by atoms with Gasteiger partial charge < -0.3 is 0 Å². The minimum atomic E-state index is -4.02. The van der Waals surface area contributed by atoms with Crippen LogP contribution in [0.15, 0.2) is 90.1 Å². The molecule has 3 rings (SSSR count). The molecule has 0 bridgehead atoms. The smallest absolute Gasteiger partial charge is 0.289 e. The number of rotatable bonds is 13. The minimum Gasteiger partial charge on any atom is -0.289 e. The Labute approximate surface area is 264 Å². The summed E-state index contributed by atoms with van der Waals surface area (Å²) in [6, 6.07) is 18.7. The maximum Gasteiger partial charge on any atom is 0.294 e. The number of carbonyl (C=O) groups is 2. The fourth-order valence-electron chi connectivity index (χ4n) is 4.22. The number of nitrogens with zero attached hydrogens (tertiary/aromatic N) is 2. The largest absolute Gasteiger partial charge is 0.294 e. The molecule has 14 heteroatoms. The van der Waals surface area contributed by atoms with Crippen molar-refractivity contribution >= 4 is 38.0 Å². The fraction of sp³-hybridized carbons (Fsp3) is 0.323. The van der Waals surface area contributed by atoms with Gasteiger partial charge in [-0.25, -0.2) is 13.9 Å². The van der Waals surface area contributed by atoms with Gasteiger partial charge in [-0.15, -0.1) is 4.41 Å². The first-order chi connectivity index (χ1) is 21.1. The van der Waals surface area contributed by atoms with Gasteiger partial charge in [0, 0.05) is 12.4 Å². The molecule has 4 N–H and O–H groups in total. The number of hydrogen-bond donors (Lipinski definition) is 4. The predicted octanol–water partition coefficient (Wildman–Crippen LogP) is 4.00. The lowest BCUT2D eigenvalue weighted by Gasteiger charge is -2.28. The summed E-state index contributed by atoms with van der Waals surface area (Å²) in [5.41, 5.74) is 6.65. The number of hydrogen-bond acceptors (Lipinski definition) is 8. The summed E-state index contributed by atoms with van der Waals surface area (Å²) < 4.78 is 55.1. The maximum atomic E-state index is 13.3. The van der Waals surface area contributed by atoms with Crippen LogP contribution in [0.25, 0.3) is 6.08 Å². The number of aryl methyl sites for hydroxylation is 1. The molecule has 2 aromatic carbocycles. The van der Waals surface area contributed by atoms with Crippen LogP contribution in [-0.4, -0.2) is 54.1 Å². The van der Waals surface area contributed by atoms with Crippen LogP contribution in [0.4, 0.5) is 0 Å². The molecule has 0 spiro atoms. The van der Waals surface area contributed by atoms with Crippen molar-refractivity contribution in [1.82, 2.24) is 20.3 Å². The van der Waals surface area contributed by atoms with Gasteiger partial charge in [-0.05, 0) is 61.1 Å². The molecule has 0 aliphatic carbocycles. The summed E-state index contributed by atoms with van der Waals surface area (Å²) in [6.07, 6.45) is 8.13. The van der Waals surface area contributed by atoms with E-state index in [4.69, 9.17) is 4.55 Å². The SMILES string of the molecule is CC(C)C[C@@H](C(=O)NN(Cc1ccncc1)S(C)(=O)=O)[C@H](CC=Cc1ccccc1)C(=O)NO.Cc1ccc(S(=O)(=O)O)cc1. The van der Waals surface area contributed by atoms with Crippen molar-refractivity contribution in [3.63, 3.8) is 0 Å².